The number of amides is 1. The van der Waals surface area contributed by atoms with Crippen molar-refractivity contribution in [3.63, 3.8) is 0 Å². The average Bonchev–Trinajstić information content (AvgIpc) is 2.90. The Kier molecular flexibility index (Phi) is 2.87. The normalized spacial score (nSPS) is 10.7. The molecule has 0 bridgehead atoms. The summed E-state index contributed by atoms with van der Waals surface area (Å²) in [5.41, 5.74) is 8.76. The molecular formula is C15H13N3O2. The number of primary amides is 1. The molecule has 0 saturated carbocycles. The van der Waals surface area contributed by atoms with Gasteiger partial charge in [0.1, 0.15) is 11.4 Å². The molecule has 0 aliphatic carbocycles. The number of nitrogens with two attached hydrogens (primary N) is 1. The van der Waals surface area contributed by atoms with Gasteiger partial charge in [0.25, 0.3) is 5.91 Å². The lowest BCUT2D eigenvalue weighted by molar-refractivity contribution is 0.0996. The predicted octanol–water partition coefficient (Wildman–Crippen LogP) is 2.34. The smallest absolute Gasteiger partial charge is 0.265 e. The van der Waals surface area contributed by atoms with E-state index in [4.69, 9.17) is 10.5 Å². The van der Waals surface area contributed by atoms with Crippen molar-refractivity contribution < 1.29 is 9.53 Å². The van der Waals surface area contributed by atoms with E-state index in [1.165, 1.54) is 0 Å². The number of aromatic amines is 1. The largest absolute Gasteiger partial charge is 0.496 e. The highest BCUT2D eigenvalue weighted by Crippen LogP contribution is 2.29. The molecule has 0 spiro atoms. The van der Waals surface area contributed by atoms with Gasteiger partial charge in [-0.15, -0.1) is 0 Å². The molecule has 5 heteroatoms. The van der Waals surface area contributed by atoms with E-state index in [2.05, 4.69) is 9.97 Å². The van der Waals surface area contributed by atoms with E-state index in [1.807, 2.05) is 36.4 Å². The lowest BCUT2D eigenvalue weighted by atomic mass is 10.1. The SMILES string of the molecule is COc1ccccc1-c1ccc2[nH]c(C(N)=O)cc2n1. The van der Waals surface area contributed by atoms with Crippen molar-refractivity contribution in [2.24, 2.45) is 5.73 Å². The maximum Gasteiger partial charge on any atom is 0.265 e. The quantitative estimate of drug-likeness (QED) is 0.764. The summed E-state index contributed by atoms with van der Waals surface area (Å²) < 4.78 is 5.33. The first-order valence-corrected chi connectivity index (χ1v) is 6.12. The van der Waals surface area contributed by atoms with Crippen molar-refractivity contribution in [3.05, 3.63) is 48.2 Å². The molecule has 0 aliphatic heterocycles. The summed E-state index contributed by atoms with van der Waals surface area (Å²) in [5, 5.41) is 0. The van der Waals surface area contributed by atoms with Crippen molar-refractivity contribution in [2.75, 3.05) is 7.11 Å². The zero-order chi connectivity index (χ0) is 14.1. The van der Waals surface area contributed by atoms with Gasteiger partial charge in [-0.2, -0.15) is 0 Å². The van der Waals surface area contributed by atoms with Crippen LogP contribution in [0, 0.1) is 0 Å². The molecule has 5 nitrogen and oxygen atoms in total. The van der Waals surface area contributed by atoms with Crippen LogP contribution in [0.5, 0.6) is 5.75 Å². The number of benzene rings is 1. The van der Waals surface area contributed by atoms with Gasteiger partial charge in [-0.25, -0.2) is 4.98 Å². The van der Waals surface area contributed by atoms with E-state index in [-0.39, 0.29) is 0 Å². The minimum atomic E-state index is -0.498. The third-order valence-electron chi connectivity index (χ3n) is 3.12. The fourth-order valence-corrected chi connectivity index (χ4v) is 2.15. The molecule has 0 atom stereocenters. The molecule has 3 N–H and O–H groups in total. The van der Waals surface area contributed by atoms with Gasteiger partial charge < -0.3 is 15.5 Å². The summed E-state index contributed by atoms with van der Waals surface area (Å²) in [6.45, 7) is 0. The summed E-state index contributed by atoms with van der Waals surface area (Å²) in [4.78, 5) is 18.6. The fraction of sp³-hybridized carbons (Fsp3) is 0.0667. The number of ether oxygens (including phenoxy) is 1. The fourth-order valence-electron chi connectivity index (χ4n) is 2.15. The van der Waals surface area contributed by atoms with Gasteiger partial charge in [0.15, 0.2) is 0 Å². The Labute approximate surface area is 115 Å². The van der Waals surface area contributed by atoms with Gasteiger partial charge in [-0.1, -0.05) is 12.1 Å². The molecule has 0 radical (unpaired) electrons. The van der Waals surface area contributed by atoms with E-state index in [9.17, 15) is 4.79 Å². The zero-order valence-electron chi connectivity index (χ0n) is 10.9. The highest BCUT2D eigenvalue weighted by Gasteiger charge is 2.10. The van der Waals surface area contributed by atoms with E-state index in [0.717, 1.165) is 22.5 Å². The first-order valence-electron chi connectivity index (χ1n) is 6.12. The van der Waals surface area contributed by atoms with Gasteiger partial charge in [-0.3, -0.25) is 4.79 Å². The van der Waals surface area contributed by atoms with Gasteiger partial charge in [-0.05, 0) is 30.3 Å². The Morgan fingerprint density at radius 3 is 2.80 bits per heavy atom. The minimum absolute atomic E-state index is 0.352. The van der Waals surface area contributed by atoms with Gasteiger partial charge >= 0.3 is 0 Å². The molecule has 0 fully saturated rings. The van der Waals surface area contributed by atoms with Crippen molar-refractivity contribution in [1.29, 1.82) is 0 Å². The Morgan fingerprint density at radius 2 is 2.05 bits per heavy atom. The first kappa shape index (κ1) is 12.2. The Balaban J connectivity index is 2.15. The second kappa shape index (κ2) is 4.70. The third kappa shape index (κ3) is 1.99. The number of nitrogens with zero attached hydrogens (tertiary/aromatic N) is 1. The maximum atomic E-state index is 11.2. The Hall–Kier alpha value is -2.82. The zero-order valence-corrected chi connectivity index (χ0v) is 10.9. The highest BCUT2D eigenvalue weighted by molar-refractivity contribution is 5.96. The molecule has 1 amide bonds. The number of hydrogen-bond acceptors (Lipinski definition) is 3. The number of para-hydroxylation sites is 1. The van der Waals surface area contributed by atoms with E-state index in [1.54, 1.807) is 13.2 Å². The molecule has 0 aliphatic rings. The number of nitrogens with one attached hydrogen (secondary N) is 1. The number of H-pyrrole nitrogens is 1. The summed E-state index contributed by atoms with van der Waals surface area (Å²) in [6.07, 6.45) is 0. The number of pyridine rings is 1. The number of fused-ring (bicyclic) bond motifs is 1. The maximum absolute atomic E-state index is 11.2. The van der Waals surface area contributed by atoms with Crippen LogP contribution in [-0.4, -0.2) is 23.0 Å². The van der Waals surface area contributed by atoms with Crippen LogP contribution in [0.4, 0.5) is 0 Å². The van der Waals surface area contributed by atoms with E-state index < -0.39 is 5.91 Å². The number of aromatic nitrogens is 2. The predicted molar refractivity (Wildman–Crippen MR) is 76.6 cm³/mol. The van der Waals surface area contributed by atoms with Gasteiger partial charge in [0, 0.05) is 5.56 Å². The van der Waals surface area contributed by atoms with Crippen LogP contribution in [0.25, 0.3) is 22.3 Å². The molecule has 100 valence electrons. The summed E-state index contributed by atoms with van der Waals surface area (Å²) in [5.74, 6) is 0.256. The van der Waals surface area contributed by atoms with Crippen LogP contribution in [0.2, 0.25) is 0 Å². The summed E-state index contributed by atoms with van der Waals surface area (Å²) >= 11 is 0. The highest BCUT2D eigenvalue weighted by atomic mass is 16.5. The molecule has 20 heavy (non-hydrogen) atoms. The molecule has 2 heterocycles. The van der Waals surface area contributed by atoms with Crippen molar-refractivity contribution in [1.82, 2.24) is 9.97 Å². The van der Waals surface area contributed by atoms with Crippen LogP contribution < -0.4 is 10.5 Å². The molecule has 2 aromatic heterocycles. The second-order valence-corrected chi connectivity index (χ2v) is 4.38. The number of hydrogen-bond donors (Lipinski definition) is 2. The summed E-state index contributed by atoms with van der Waals surface area (Å²) in [7, 11) is 1.62. The number of rotatable bonds is 3. The number of methoxy groups -OCH3 is 1. The van der Waals surface area contributed by atoms with Crippen LogP contribution in [0.1, 0.15) is 10.5 Å². The molecule has 1 aromatic carbocycles. The second-order valence-electron chi connectivity index (χ2n) is 4.38. The molecule has 3 aromatic rings. The Morgan fingerprint density at radius 1 is 1.25 bits per heavy atom. The van der Waals surface area contributed by atoms with Crippen molar-refractivity contribution >= 4 is 16.9 Å². The minimum Gasteiger partial charge on any atom is -0.496 e. The van der Waals surface area contributed by atoms with Crippen LogP contribution in [-0.2, 0) is 0 Å². The lowest BCUT2D eigenvalue weighted by Crippen LogP contribution is -2.10. The lowest BCUT2D eigenvalue weighted by Gasteiger charge is -2.07. The molecule has 3 rings (SSSR count). The van der Waals surface area contributed by atoms with Crippen molar-refractivity contribution in [3.8, 4) is 17.0 Å². The number of carbonyl (C=O) groups excluding carboxylic acids is 1. The number of carbonyl (C=O) groups is 1. The van der Waals surface area contributed by atoms with Gasteiger partial charge in [0.05, 0.1) is 23.8 Å². The van der Waals surface area contributed by atoms with E-state index >= 15 is 0 Å². The van der Waals surface area contributed by atoms with Gasteiger partial charge in [0.2, 0.25) is 0 Å². The first-order chi connectivity index (χ1) is 9.69. The van der Waals surface area contributed by atoms with Crippen LogP contribution in [0.3, 0.4) is 0 Å². The molecule has 0 unspecified atom stereocenters. The standard InChI is InChI=1S/C15H13N3O2/c1-20-14-5-3-2-4-9(14)10-6-7-11-12(17-10)8-13(18-11)15(16)19/h2-8,18H,1H3,(H2,16,19). The monoisotopic (exact) mass is 267 g/mol. The molecule has 0 saturated heterocycles. The van der Waals surface area contributed by atoms with Crippen molar-refractivity contribution in [2.45, 2.75) is 0 Å². The van der Waals surface area contributed by atoms with E-state index in [0.29, 0.717) is 11.2 Å². The van der Waals surface area contributed by atoms with Crippen LogP contribution >= 0.6 is 0 Å². The third-order valence-corrected chi connectivity index (χ3v) is 3.12. The molecular weight excluding hydrogens is 254 g/mol. The summed E-state index contributed by atoms with van der Waals surface area (Å²) in [6, 6.07) is 13.1. The topological polar surface area (TPSA) is 81.0 Å². The Bertz CT molecular complexity index is 793. The average molecular weight is 267 g/mol. The van der Waals surface area contributed by atoms with Crippen LogP contribution in [0.15, 0.2) is 42.5 Å².